The number of nitrogens with zero attached hydrogens (tertiary/aromatic N) is 3. The fourth-order valence-corrected chi connectivity index (χ4v) is 1.86. The maximum absolute atomic E-state index is 11.6. The fraction of sp³-hybridized carbons (Fsp3) is 0.0714. The smallest absolute Gasteiger partial charge is 0.300 e. The van der Waals surface area contributed by atoms with Crippen molar-refractivity contribution in [3.63, 3.8) is 0 Å². The second-order valence-corrected chi connectivity index (χ2v) is 4.42. The predicted octanol–water partition coefficient (Wildman–Crippen LogP) is 1.96. The molecule has 0 saturated carbocycles. The molecule has 1 aromatic heterocycles. The van der Waals surface area contributed by atoms with E-state index in [-0.39, 0.29) is 6.03 Å². The normalized spacial score (nSPS) is 15.2. The summed E-state index contributed by atoms with van der Waals surface area (Å²) in [7, 11) is 0. The minimum absolute atomic E-state index is 0.333. The molecule has 20 heavy (non-hydrogen) atoms. The van der Waals surface area contributed by atoms with Crippen LogP contribution in [-0.2, 0) is 0 Å². The molecule has 0 aliphatic carbocycles. The van der Waals surface area contributed by atoms with E-state index in [0.717, 1.165) is 22.2 Å². The van der Waals surface area contributed by atoms with E-state index in [1.54, 1.807) is 18.6 Å². The highest BCUT2D eigenvalue weighted by atomic mass is 16.2. The average molecular weight is 267 g/mol. The lowest BCUT2D eigenvalue weighted by Gasteiger charge is -2.21. The molecule has 1 aliphatic rings. The van der Waals surface area contributed by atoms with Crippen molar-refractivity contribution in [2.75, 3.05) is 0 Å². The number of carbonyl (C=O) groups is 1. The highest BCUT2D eigenvalue weighted by Crippen LogP contribution is 2.11. The summed E-state index contributed by atoms with van der Waals surface area (Å²) < 4.78 is 0. The highest BCUT2D eigenvalue weighted by Gasteiger charge is 2.13. The molecule has 100 valence electrons. The first-order valence-electron chi connectivity index (χ1n) is 6.15. The van der Waals surface area contributed by atoms with Gasteiger partial charge in [-0.05, 0) is 19.1 Å². The zero-order valence-corrected chi connectivity index (χ0v) is 10.9. The predicted molar refractivity (Wildman–Crippen MR) is 76.6 cm³/mol. The molecule has 2 amide bonds. The Morgan fingerprint density at radius 3 is 3.05 bits per heavy atom. The number of urea groups is 1. The van der Waals surface area contributed by atoms with Gasteiger partial charge in [-0.15, -0.1) is 0 Å². The van der Waals surface area contributed by atoms with Gasteiger partial charge in [0.25, 0.3) is 0 Å². The number of amides is 2. The first kappa shape index (κ1) is 12.2. The van der Waals surface area contributed by atoms with Crippen molar-refractivity contribution < 1.29 is 4.79 Å². The number of allylic oxidation sites excluding steroid dienone is 1. The molecular weight excluding hydrogens is 254 g/mol. The van der Waals surface area contributed by atoms with Gasteiger partial charge in [0.2, 0.25) is 0 Å². The van der Waals surface area contributed by atoms with Gasteiger partial charge >= 0.3 is 6.03 Å². The molecule has 2 heterocycles. The molecule has 0 radical (unpaired) electrons. The molecule has 0 saturated heterocycles. The van der Waals surface area contributed by atoms with Crippen molar-refractivity contribution in [3.05, 3.63) is 54.0 Å². The molecule has 0 unspecified atom stereocenters. The molecule has 0 atom stereocenters. The minimum atomic E-state index is -0.333. The third-order valence-electron chi connectivity index (χ3n) is 2.83. The Labute approximate surface area is 115 Å². The van der Waals surface area contributed by atoms with Crippen LogP contribution in [0.5, 0.6) is 0 Å². The quantitative estimate of drug-likeness (QED) is 0.817. The second kappa shape index (κ2) is 5.00. The lowest BCUT2D eigenvalue weighted by molar-refractivity contribution is 0.208. The maximum atomic E-state index is 11.6. The number of hydrogen-bond donors (Lipinski definition) is 2. The number of aromatic nitrogens is 1. The fourth-order valence-electron chi connectivity index (χ4n) is 1.86. The number of para-hydroxylation sites is 1. The number of rotatable bonds is 2. The number of hydrogen-bond acceptors (Lipinski definition) is 4. The van der Waals surface area contributed by atoms with E-state index >= 15 is 0 Å². The molecule has 2 N–H and O–H groups in total. The number of pyridine rings is 1. The number of hydrazine groups is 1. The molecule has 6 nitrogen and oxygen atoms in total. The van der Waals surface area contributed by atoms with Crippen molar-refractivity contribution in [1.82, 2.24) is 20.8 Å². The van der Waals surface area contributed by atoms with Gasteiger partial charge in [-0.1, -0.05) is 18.2 Å². The van der Waals surface area contributed by atoms with Gasteiger partial charge in [-0.3, -0.25) is 10.4 Å². The van der Waals surface area contributed by atoms with E-state index in [9.17, 15) is 4.79 Å². The minimum Gasteiger partial charge on any atom is -0.300 e. The topological polar surface area (TPSA) is 69.6 Å². The third kappa shape index (κ3) is 2.44. The first-order chi connectivity index (χ1) is 9.72. The lowest BCUT2D eigenvalue weighted by Crippen LogP contribution is -2.46. The highest BCUT2D eigenvalue weighted by molar-refractivity contribution is 5.88. The van der Waals surface area contributed by atoms with Crippen molar-refractivity contribution in [1.29, 1.82) is 0 Å². The molecule has 0 fully saturated rings. The van der Waals surface area contributed by atoms with Crippen LogP contribution >= 0.6 is 0 Å². The standard InChI is InChI=1S/C14H13N5O/c1-10-9-19(14(20)18-17-10)16-8-11-6-12-4-2-3-5-13(12)15-7-11/h2-9,17H,1H3,(H,18,20)/b16-8+. The van der Waals surface area contributed by atoms with E-state index in [2.05, 4.69) is 20.9 Å². The Hall–Kier alpha value is -2.89. The first-order valence-corrected chi connectivity index (χ1v) is 6.15. The molecular formula is C14H13N5O. The van der Waals surface area contributed by atoms with Crippen LogP contribution in [0.25, 0.3) is 10.9 Å². The number of hydrazone groups is 1. The SMILES string of the molecule is CC1=CN(/N=C/c2cnc3ccccc3c2)C(=O)NN1. The monoisotopic (exact) mass is 267 g/mol. The largest absolute Gasteiger partial charge is 0.360 e. The van der Waals surface area contributed by atoms with Crippen LogP contribution < -0.4 is 10.9 Å². The van der Waals surface area contributed by atoms with Gasteiger partial charge in [0.05, 0.1) is 17.9 Å². The summed E-state index contributed by atoms with van der Waals surface area (Å²) in [6, 6.07) is 9.49. The van der Waals surface area contributed by atoms with Crippen molar-refractivity contribution in [2.24, 2.45) is 5.10 Å². The molecule has 0 spiro atoms. The summed E-state index contributed by atoms with van der Waals surface area (Å²) in [6.45, 7) is 1.83. The van der Waals surface area contributed by atoms with Gasteiger partial charge in [-0.2, -0.15) is 10.1 Å². The van der Waals surface area contributed by atoms with Crippen LogP contribution in [0.15, 0.2) is 53.5 Å². The van der Waals surface area contributed by atoms with E-state index in [1.807, 2.05) is 37.3 Å². The average Bonchev–Trinajstić information content (AvgIpc) is 2.48. The number of benzene rings is 1. The van der Waals surface area contributed by atoms with Crippen molar-refractivity contribution in [2.45, 2.75) is 6.92 Å². The Bertz CT molecular complexity index is 722. The van der Waals surface area contributed by atoms with Crippen LogP contribution in [0.4, 0.5) is 4.79 Å². The molecule has 3 rings (SSSR count). The van der Waals surface area contributed by atoms with Crippen molar-refractivity contribution >= 4 is 23.1 Å². The Morgan fingerprint density at radius 2 is 2.15 bits per heavy atom. The number of nitrogens with one attached hydrogen (secondary N) is 2. The van der Waals surface area contributed by atoms with Gasteiger partial charge in [-0.25, -0.2) is 10.2 Å². The summed E-state index contributed by atoms with van der Waals surface area (Å²) >= 11 is 0. The maximum Gasteiger partial charge on any atom is 0.360 e. The summed E-state index contributed by atoms with van der Waals surface area (Å²) in [5, 5.41) is 6.40. The van der Waals surface area contributed by atoms with E-state index in [0.29, 0.717) is 0 Å². The summed E-state index contributed by atoms with van der Waals surface area (Å²) in [6.07, 6.45) is 4.94. The molecule has 1 aromatic carbocycles. The second-order valence-electron chi connectivity index (χ2n) is 4.42. The molecule has 0 bridgehead atoms. The molecule has 6 heteroatoms. The van der Waals surface area contributed by atoms with Gasteiger partial charge < -0.3 is 0 Å². The van der Waals surface area contributed by atoms with E-state index in [4.69, 9.17) is 0 Å². The van der Waals surface area contributed by atoms with Gasteiger partial charge in [0.15, 0.2) is 0 Å². The van der Waals surface area contributed by atoms with E-state index in [1.165, 1.54) is 5.01 Å². The van der Waals surface area contributed by atoms with Crippen LogP contribution in [-0.4, -0.2) is 22.2 Å². The number of fused-ring (bicyclic) bond motifs is 1. The summed E-state index contributed by atoms with van der Waals surface area (Å²) in [4.78, 5) is 15.9. The lowest BCUT2D eigenvalue weighted by atomic mass is 10.2. The van der Waals surface area contributed by atoms with Gasteiger partial charge in [0, 0.05) is 22.8 Å². The van der Waals surface area contributed by atoms with E-state index < -0.39 is 0 Å². The third-order valence-corrected chi connectivity index (χ3v) is 2.83. The van der Waals surface area contributed by atoms with Crippen LogP contribution in [0, 0.1) is 0 Å². The molecule has 1 aliphatic heterocycles. The van der Waals surface area contributed by atoms with Crippen LogP contribution in [0.1, 0.15) is 12.5 Å². The molecule has 2 aromatic rings. The zero-order valence-electron chi connectivity index (χ0n) is 10.9. The Balaban J connectivity index is 1.87. The van der Waals surface area contributed by atoms with Crippen molar-refractivity contribution in [3.8, 4) is 0 Å². The summed E-state index contributed by atoms with van der Waals surface area (Å²) in [5.74, 6) is 0. The van der Waals surface area contributed by atoms with Crippen LogP contribution in [0.2, 0.25) is 0 Å². The Kier molecular flexibility index (Phi) is 3.04. The van der Waals surface area contributed by atoms with Gasteiger partial charge in [0.1, 0.15) is 0 Å². The van der Waals surface area contributed by atoms with Crippen LogP contribution in [0.3, 0.4) is 0 Å². The number of carbonyl (C=O) groups excluding carboxylic acids is 1. The zero-order chi connectivity index (χ0) is 13.9. The summed E-state index contributed by atoms with van der Waals surface area (Å²) in [5.41, 5.74) is 7.77. The Morgan fingerprint density at radius 1 is 1.30 bits per heavy atom.